The number of aryl methyl sites for hydroxylation is 2. The lowest BCUT2D eigenvalue weighted by Gasteiger charge is -2.33. The molecule has 2 aromatic heterocycles. The number of aromatic nitrogens is 2. The van der Waals surface area contributed by atoms with Crippen LogP contribution in [0.1, 0.15) is 11.1 Å². The van der Waals surface area contributed by atoms with Crippen LogP contribution in [0, 0.1) is 13.8 Å². The minimum absolute atomic E-state index is 0.832. The van der Waals surface area contributed by atoms with Gasteiger partial charge in [0.1, 0.15) is 10.6 Å². The number of likely N-dealkylation sites (N-methyl/N-ethyl adjacent to an activating group) is 1. The van der Waals surface area contributed by atoms with Crippen LogP contribution in [0.3, 0.4) is 0 Å². The van der Waals surface area contributed by atoms with Gasteiger partial charge in [-0.05, 0) is 31.8 Å². The number of benzene rings is 1. The number of fused-ring (bicyclic) bond motifs is 1. The molecule has 0 atom stereocenters. The largest absolute Gasteiger partial charge is 0.353 e. The summed E-state index contributed by atoms with van der Waals surface area (Å²) in [5.74, 6) is 1.93. The van der Waals surface area contributed by atoms with Gasteiger partial charge < -0.3 is 9.80 Å². The Morgan fingerprint density at radius 3 is 2.38 bits per heavy atom. The molecule has 1 saturated heterocycles. The van der Waals surface area contributed by atoms with Crippen LogP contribution in [0.15, 0.2) is 29.6 Å². The number of thiophene rings is 1. The van der Waals surface area contributed by atoms with Crippen molar-refractivity contribution in [2.24, 2.45) is 0 Å². The molecule has 1 fully saturated rings. The fourth-order valence-corrected chi connectivity index (χ4v) is 4.06. The molecule has 0 saturated carbocycles. The number of hydrogen-bond acceptors (Lipinski definition) is 5. The van der Waals surface area contributed by atoms with Crippen LogP contribution >= 0.6 is 11.3 Å². The fraction of sp³-hybridized carbons (Fsp3) is 0.368. The van der Waals surface area contributed by atoms with Gasteiger partial charge in [0.05, 0.1) is 5.39 Å². The first-order valence-electron chi connectivity index (χ1n) is 8.38. The maximum atomic E-state index is 4.99. The topological polar surface area (TPSA) is 32.3 Å². The first kappa shape index (κ1) is 15.5. The summed E-state index contributed by atoms with van der Waals surface area (Å²) in [6, 6.07) is 8.48. The molecule has 1 aliphatic heterocycles. The molecule has 0 amide bonds. The molecule has 1 aliphatic rings. The molecule has 1 aromatic carbocycles. The van der Waals surface area contributed by atoms with Crippen molar-refractivity contribution < 1.29 is 0 Å². The molecule has 0 unspecified atom stereocenters. The number of piperazine rings is 1. The van der Waals surface area contributed by atoms with Crippen LogP contribution in [-0.2, 0) is 0 Å². The quantitative estimate of drug-likeness (QED) is 0.713. The number of hydrogen-bond donors (Lipinski definition) is 0. The van der Waals surface area contributed by atoms with Crippen molar-refractivity contribution in [1.82, 2.24) is 14.9 Å². The molecule has 0 aliphatic carbocycles. The Bertz CT molecular complexity index is 861. The second-order valence-electron chi connectivity index (χ2n) is 6.63. The normalized spacial score (nSPS) is 16.0. The summed E-state index contributed by atoms with van der Waals surface area (Å²) in [4.78, 5) is 15.7. The summed E-state index contributed by atoms with van der Waals surface area (Å²) in [5.41, 5.74) is 3.62. The fourth-order valence-electron chi connectivity index (χ4n) is 3.14. The van der Waals surface area contributed by atoms with Gasteiger partial charge >= 0.3 is 0 Å². The first-order chi connectivity index (χ1) is 11.6. The van der Waals surface area contributed by atoms with Crippen molar-refractivity contribution in [2.75, 3.05) is 38.1 Å². The standard InChI is InChI=1S/C19H22N4S/c1-13-4-6-15(7-5-13)17-20-18(23-10-8-22(3)9-11-23)16-14(2)12-24-19(16)21-17/h4-7,12H,8-11H2,1-3H3. The first-order valence-corrected chi connectivity index (χ1v) is 9.26. The molecular formula is C19H22N4S. The van der Waals surface area contributed by atoms with Gasteiger partial charge in [-0.15, -0.1) is 11.3 Å². The lowest BCUT2D eigenvalue weighted by atomic mass is 10.1. The molecule has 24 heavy (non-hydrogen) atoms. The Morgan fingerprint density at radius 1 is 0.958 bits per heavy atom. The molecule has 4 nitrogen and oxygen atoms in total. The van der Waals surface area contributed by atoms with Gasteiger partial charge in [-0.1, -0.05) is 29.8 Å². The summed E-state index contributed by atoms with van der Waals surface area (Å²) >= 11 is 1.72. The third-order valence-electron chi connectivity index (χ3n) is 4.71. The van der Waals surface area contributed by atoms with Crippen LogP contribution in [0.2, 0.25) is 0 Å². The van der Waals surface area contributed by atoms with E-state index >= 15 is 0 Å². The molecule has 4 rings (SSSR count). The molecular weight excluding hydrogens is 316 g/mol. The second-order valence-corrected chi connectivity index (χ2v) is 7.48. The molecule has 0 bridgehead atoms. The molecule has 0 radical (unpaired) electrons. The highest BCUT2D eigenvalue weighted by Gasteiger charge is 2.21. The zero-order valence-corrected chi connectivity index (χ0v) is 15.2. The highest BCUT2D eigenvalue weighted by Crippen LogP contribution is 2.34. The molecule has 124 valence electrons. The van der Waals surface area contributed by atoms with Crippen molar-refractivity contribution in [3.63, 3.8) is 0 Å². The van der Waals surface area contributed by atoms with Crippen molar-refractivity contribution in [1.29, 1.82) is 0 Å². The molecule has 3 heterocycles. The minimum atomic E-state index is 0.832. The lowest BCUT2D eigenvalue weighted by molar-refractivity contribution is 0.312. The van der Waals surface area contributed by atoms with Gasteiger partial charge in [0.15, 0.2) is 5.82 Å². The Labute approximate surface area is 146 Å². The van der Waals surface area contributed by atoms with Gasteiger partial charge in [0, 0.05) is 31.7 Å². The molecule has 0 N–H and O–H groups in total. The third-order valence-corrected chi connectivity index (χ3v) is 5.70. The SMILES string of the molecule is Cc1ccc(-c2nc(N3CCN(C)CC3)c3c(C)csc3n2)cc1. The summed E-state index contributed by atoms with van der Waals surface area (Å²) < 4.78 is 0. The molecule has 0 spiro atoms. The summed E-state index contributed by atoms with van der Waals surface area (Å²) in [7, 11) is 2.18. The van der Waals surface area contributed by atoms with Gasteiger partial charge in [-0.25, -0.2) is 9.97 Å². The Balaban J connectivity index is 1.84. The van der Waals surface area contributed by atoms with E-state index in [0.29, 0.717) is 0 Å². The van der Waals surface area contributed by atoms with Gasteiger partial charge in [0.25, 0.3) is 0 Å². The summed E-state index contributed by atoms with van der Waals surface area (Å²) in [5, 5.41) is 3.41. The van der Waals surface area contributed by atoms with Gasteiger partial charge in [-0.3, -0.25) is 0 Å². The van der Waals surface area contributed by atoms with E-state index in [1.807, 2.05) is 0 Å². The highest BCUT2D eigenvalue weighted by atomic mass is 32.1. The summed E-state index contributed by atoms with van der Waals surface area (Å²) in [6.45, 7) is 8.46. The van der Waals surface area contributed by atoms with Gasteiger partial charge in [-0.2, -0.15) is 0 Å². The Morgan fingerprint density at radius 2 is 1.67 bits per heavy atom. The number of anilines is 1. The predicted molar refractivity (Wildman–Crippen MR) is 102 cm³/mol. The van der Waals surface area contributed by atoms with E-state index in [1.165, 1.54) is 16.5 Å². The van der Waals surface area contributed by atoms with Gasteiger partial charge in [0.2, 0.25) is 0 Å². The van der Waals surface area contributed by atoms with E-state index in [4.69, 9.17) is 9.97 Å². The van der Waals surface area contributed by atoms with E-state index in [9.17, 15) is 0 Å². The maximum absolute atomic E-state index is 4.99. The van der Waals surface area contributed by atoms with Crippen LogP contribution < -0.4 is 4.90 Å². The summed E-state index contributed by atoms with van der Waals surface area (Å²) in [6.07, 6.45) is 0. The van der Waals surface area contributed by atoms with E-state index in [2.05, 4.69) is 60.3 Å². The molecule has 5 heteroatoms. The monoisotopic (exact) mass is 338 g/mol. The lowest BCUT2D eigenvalue weighted by Crippen LogP contribution is -2.45. The molecule has 3 aromatic rings. The van der Waals surface area contributed by atoms with E-state index in [0.717, 1.165) is 48.2 Å². The highest BCUT2D eigenvalue weighted by molar-refractivity contribution is 7.17. The Hall–Kier alpha value is -1.98. The predicted octanol–water partition coefficient (Wildman–Crippen LogP) is 3.73. The van der Waals surface area contributed by atoms with Crippen LogP contribution in [0.25, 0.3) is 21.6 Å². The van der Waals surface area contributed by atoms with Crippen molar-refractivity contribution in [3.8, 4) is 11.4 Å². The third kappa shape index (κ3) is 2.78. The zero-order valence-electron chi connectivity index (χ0n) is 14.4. The Kier molecular flexibility index (Phi) is 3.98. The van der Waals surface area contributed by atoms with E-state index in [-0.39, 0.29) is 0 Å². The van der Waals surface area contributed by atoms with Crippen molar-refractivity contribution in [3.05, 3.63) is 40.8 Å². The van der Waals surface area contributed by atoms with Crippen LogP contribution in [0.4, 0.5) is 5.82 Å². The minimum Gasteiger partial charge on any atom is -0.353 e. The second kappa shape index (κ2) is 6.15. The van der Waals surface area contributed by atoms with Crippen molar-refractivity contribution >= 4 is 27.4 Å². The number of rotatable bonds is 2. The maximum Gasteiger partial charge on any atom is 0.163 e. The van der Waals surface area contributed by atoms with Crippen LogP contribution in [-0.4, -0.2) is 48.1 Å². The zero-order chi connectivity index (χ0) is 16.7. The average Bonchev–Trinajstić information content (AvgIpc) is 2.97. The smallest absolute Gasteiger partial charge is 0.163 e. The van der Waals surface area contributed by atoms with Crippen LogP contribution in [0.5, 0.6) is 0 Å². The van der Waals surface area contributed by atoms with E-state index in [1.54, 1.807) is 11.3 Å². The average molecular weight is 338 g/mol. The van der Waals surface area contributed by atoms with Crippen molar-refractivity contribution in [2.45, 2.75) is 13.8 Å². The number of nitrogens with zero attached hydrogens (tertiary/aromatic N) is 4. The van der Waals surface area contributed by atoms with E-state index < -0.39 is 0 Å².